The molecule has 3 rings (SSSR count). The number of aromatic nitrogens is 1. The predicted molar refractivity (Wildman–Crippen MR) is 73.3 cm³/mol. The third-order valence-corrected chi connectivity index (χ3v) is 2.96. The van der Waals surface area contributed by atoms with Gasteiger partial charge in [0.2, 0.25) is 0 Å². The fraction of sp³-hybridized carbons (Fsp3) is 0.133. The quantitative estimate of drug-likeness (QED) is 0.811. The zero-order chi connectivity index (χ0) is 12.4. The molecule has 0 saturated heterocycles. The topological polar surface area (TPSA) is 29.3 Å². The van der Waals surface area contributed by atoms with E-state index >= 15 is 0 Å². The van der Waals surface area contributed by atoms with Crippen LogP contribution in [0.3, 0.4) is 0 Å². The Bertz CT molecular complexity index is 579. The van der Waals surface area contributed by atoms with Gasteiger partial charge in [0, 0.05) is 18.1 Å². The lowest BCUT2D eigenvalue weighted by Gasteiger charge is -2.22. The maximum atomic E-state index is 4.74. The van der Waals surface area contributed by atoms with Gasteiger partial charge >= 0.3 is 0 Å². The van der Waals surface area contributed by atoms with Crippen LogP contribution in [0.4, 0.5) is 0 Å². The molecule has 3 heteroatoms. The standard InChI is InChI=1S/C15H15N3/c1-12-11-14(18-9-5-6-10-18)17-15(16-12)13-7-3-2-4-8-13/h2-11,15-16H,1H3. The van der Waals surface area contributed by atoms with Gasteiger partial charge in [0.05, 0.1) is 0 Å². The fourth-order valence-corrected chi connectivity index (χ4v) is 2.07. The average molecular weight is 237 g/mol. The predicted octanol–water partition coefficient (Wildman–Crippen LogP) is 2.94. The first-order valence-corrected chi connectivity index (χ1v) is 6.04. The van der Waals surface area contributed by atoms with Crippen molar-refractivity contribution in [2.45, 2.75) is 13.1 Å². The van der Waals surface area contributed by atoms with Crippen molar-refractivity contribution in [3.63, 3.8) is 0 Å². The van der Waals surface area contributed by atoms with Gasteiger partial charge in [0.25, 0.3) is 0 Å². The molecule has 0 bridgehead atoms. The molecule has 18 heavy (non-hydrogen) atoms. The molecule has 1 atom stereocenters. The molecule has 1 aromatic carbocycles. The molecule has 1 aliphatic rings. The second-order valence-corrected chi connectivity index (χ2v) is 4.36. The zero-order valence-corrected chi connectivity index (χ0v) is 10.2. The number of hydrogen-bond donors (Lipinski definition) is 1. The number of allylic oxidation sites excluding steroid dienone is 2. The first-order valence-electron chi connectivity index (χ1n) is 6.04. The Morgan fingerprint density at radius 1 is 1.06 bits per heavy atom. The number of rotatable bonds is 1. The zero-order valence-electron chi connectivity index (χ0n) is 10.2. The lowest BCUT2D eigenvalue weighted by Crippen LogP contribution is -2.26. The highest BCUT2D eigenvalue weighted by Crippen LogP contribution is 2.19. The average Bonchev–Trinajstić information content (AvgIpc) is 2.93. The van der Waals surface area contributed by atoms with Gasteiger partial charge in [0.1, 0.15) is 12.0 Å². The molecule has 0 aliphatic carbocycles. The van der Waals surface area contributed by atoms with Crippen LogP contribution in [0.2, 0.25) is 0 Å². The molecule has 2 aromatic rings. The Morgan fingerprint density at radius 2 is 1.78 bits per heavy atom. The maximum absolute atomic E-state index is 4.74. The number of nitrogens with zero attached hydrogens (tertiary/aromatic N) is 2. The Kier molecular flexibility index (Phi) is 2.73. The van der Waals surface area contributed by atoms with Gasteiger partial charge < -0.3 is 9.88 Å². The summed E-state index contributed by atoms with van der Waals surface area (Å²) in [6.45, 7) is 2.06. The smallest absolute Gasteiger partial charge is 0.146 e. The van der Waals surface area contributed by atoms with Crippen molar-refractivity contribution in [2.75, 3.05) is 0 Å². The Balaban J connectivity index is 1.97. The van der Waals surface area contributed by atoms with Crippen LogP contribution in [0.15, 0.2) is 71.6 Å². The summed E-state index contributed by atoms with van der Waals surface area (Å²) < 4.78 is 2.03. The van der Waals surface area contributed by atoms with E-state index in [2.05, 4.69) is 30.4 Å². The summed E-state index contributed by atoms with van der Waals surface area (Å²) in [4.78, 5) is 4.74. The number of aliphatic imine (C=N–C) groups is 1. The van der Waals surface area contributed by atoms with Crippen molar-refractivity contribution in [1.82, 2.24) is 9.88 Å². The fourth-order valence-electron chi connectivity index (χ4n) is 2.07. The lowest BCUT2D eigenvalue weighted by molar-refractivity contribution is 0.615. The van der Waals surface area contributed by atoms with E-state index in [1.54, 1.807) is 0 Å². The third-order valence-electron chi connectivity index (χ3n) is 2.96. The third kappa shape index (κ3) is 2.07. The highest BCUT2D eigenvalue weighted by molar-refractivity contribution is 5.96. The van der Waals surface area contributed by atoms with E-state index in [1.165, 1.54) is 5.56 Å². The van der Waals surface area contributed by atoms with Crippen molar-refractivity contribution in [3.8, 4) is 0 Å². The van der Waals surface area contributed by atoms with Crippen LogP contribution in [0.1, 0.15) is 18.7 Å². The van der Waals surface area contributed by atoms with E-state index in [4.69, 9.17) is 4.99 Å². The highest BCUT2D eigenvalue weighted by atomic mass is 15.2. The second-order valence-electron chi connectivity index (χ2n) is 4.36. The van der Waals surface area contributed by atoms with Gasteiger partial charge in [-0.05, 0) is 30.7 Å². The molecule has 0 spiro atoms. The molecular weight excluding hydrogens is 222 g/mol. The van der Waals surface area contributed by atoms with Gasteiger partial charge in [-0.3, -0.25) is 0 Å². The lowest BCUT2D eigenvalue weighted by atomic mass is 10.1. The Morgan fingerprint density at radius 3 is 2.50 bits per heavy atom. The summed E-state index contributed by atoms with van der Waals surface area (Å²) in [5.74, 6) is 0.963. The van der Waals surface area contributed by atoms with Gasteiger partial charge in [-0.15, -0.1) is 0 Å². The number of nitrogens with one attached hydrogen (secondary N) is 1. The SMILES string of the molecule is CC1=CC(n2cccc2)=NC(c2ccccc2)N1. The summed E-state index contributed by atoms with van der Waals surface area (Å²) >= 11 is 0. The van der Waals surface area contributed by atoms with Gasteiger partial charge in [-0.25, -0.2) is 4.99 Å². The molecular formula is C15H15N3. The summed E-state index contributed by atoms with van der Waals surface area (Å²) in [5, 5.41) is 3.38. The minimum atomic E-state index is -0.00593. The highest BCUT2D eigenvalue weighted by Gasteiger charge is 2.15. The van der Waals surface area contributed by atoms with E-state index in [1.807, 2.05) is 47.3 Å². The molecule has 0 amide bonds. The summed E-state index contributed by atoms with van der Waals surface area (Å²) in [6, 6.07) is 14.3. The van der Waals surface area contributed by atoms with E-state index in [9.17, 15) is 0 Å². The number of benzene rings is 1. The largest absolute Gasteiger partial charge is 0.363 e. The maximum Gasteiger partial charge on any atom is 0.146 e. The number of hydrogen-bond acceptors (Lipinski definition) is 2. The van der Waals surface area contributed by atoms with Crippen molar-refractivity contribution < 1.29 is 0 Å². The molecule has 0 fully saturated rings. The van der Waals surface area contributed by atoms with Crippen molar-refractivity contribution in [3.05, 3.63) is 72.2 Å². The normalized spacial score (nSPS) is 18.8. The van der Waals surface area contributed by atoms with Crippen molar-refractivity contribution in [1.29, 1.82) is 0 Å². The van der Waals surface area contributed by atoms with Gasteiger partial charge in [-0.1, -0.05) is 30.3 Å². The minimum Gasteiger partial charge on any atom is -0.363 e. The van der Waals surface area contributed by atoms with Crippen molar-refractivity contribution in [2.24, 2.45) is 4.99 Å². The van der Waals surface area contributed by atoms with Crippen LogP contribution >= 0.6 is 0 Å². The second kappa shape index (κ2) is 4.53. The van der Waals surface area contributed by atoms with Crippen molar-refractivity contribution >= 4 is 5.84 Å². The molecule has 3 nitrogen and oxygen atoms in total. The van der Waals surface area contributed by atoms with Crippen LogP contribution in [0, 0.1) is 0 Å². The molecule has 2 heterocycles. The van der Waals surface area contributed by atoms with E-state index in [0.29, 0.717) is 0 Å². The Labute approximate surface area is 106 Å². The van der Waals surface area contributed by atoms with E-state index in [0.717, 1.165) is 11.5 Å². The first kappa shape index (κ1) is 10.8. The van der Waals surface area contributed by atoms with Crippen LogP contribution in [-0.2, 0) is 0 Å². The molecule has 1 aromatic heterocycles. The molecule has 1 N–H and O–H groups in total. The van der Waals surface area contributed by atoms with Gasteiger partial charge in [-0.2, -0.15) is 0 Å². The van der Waals surface area contributed by atoms with Crippen LogP contribution < -0.4 is 5.32 Å². The Hall–Kier alpha value is -2.29. The van der Waals surface area contributed by atoms with Crippen LogP contribution in [0.5, 0.6) is 0 Å². The summed E-state index contributed by atoms with van der Waals surface area (Å²) in [7, 11) is 0. The molecule has 0 radical (unpaired) electrons. The summed E-state index contributed by atoms with van der Waals surface area (Å²) in [6.07, 6.45) is 6.07. The monoisotopic (exact) mass is 237 g/mol. The van der Waals surface area contributed by atoms with E-state index in [-0.39, 0.29) is 6.17 Å². The molecule has 90 valence electrons. The van der Waals surface area contributed by atoms with E-state index < -0.39 is 0 Å². The molecule has 1 unspecified atom stereocenters. The molecule has 1 aliphatic heterocycles. The molecule has 0 saturated carbocycles. The van der Waals surface area contributed by atoms with Crippen LogP contribution in [-0.4, -0.2) is 10.4 Å². The first-order chi connectivity index (χ1) is 8.83. The van der Waals surface area contributed by atoms with Crippen LogP contribution in [0.25, 0.3) is 0 Å². The minimum absolute atomic E-state index is 0.00593. The van der Waals surface area contributed by atoms with Gasteiger partial charge in [0.15, 0.2) is 0 Å². The summed E-state index contributed by atoms with van der Waals surface area (Å²) in [5.41, 5.74) is 2.30.